The van der Waals surface area contributed by atoms with Gasteiger partial charge in [-0.15, -0.1) is 0 Å². The molecule has 74 valence electrons. The minimum Gasteiger partial charge on any atom is -0.464 e. The number of hydrogen-bond donors (Lipinski definition) is 1. The maximum absolute atomic E-state index is 5.71. The molecule has 0 radical (unpaired) electrons. The van der Waals surface area contributed by atoms with Gasteiger partial charge in [0.1, 0.15) is 11.5 Å². The van der Waals surface area contributed by atoms with Crippen molar-refractivity contribution in [2.75, 3.05) is 5.73 Å². The van der Waals surface area contributed by atoms with Crippen LogP contribution < -0.4 is 5.73 Å². The second-order valence-corrected chi connectivity index (χ2v) is 3.36. The molecule has 0 aliphatic heterocycles. The molecule has 4 nitrogen and oxygen atoms in total. The van der Waals surface area contributed by atoms with Crippen molar-refractivity contribution in [3.05, 3.63) is 35.5 Å². The fourth-order valence-electron chi connectivity index (χ4n) is 1.41. The van der Waals surface area contributed by atoms with Crippen molar-refractivity contribution in [3.63, 3.8) is 0 Å². The van der Waals surface area contributed by atoms with Crippen molar-refractivity contribution in [1.29, 1.82) is 0 Å². The Morgan fingerprint density at radius 1 is 1.43 bits per heavy atom. The zero-order valence-electron chi connectivity index (χ0n) is 8.32. The van der Waals surface area contributed by atoms with E-state index in [0.717, 1.165) is 17.2 Å². The van der Waals surface area contributed by atoms with Crippen LogP contribution in [0.2, 0.25) is 0 Å². The summed E-state index contributed by atoms with van der Waals surface area (Å²) in [5.74, 6) is 2.34. The van der Waals surface area contributed by atoms with Crippen molar-refractivity contribution in [2.24, 2.45) is 0 Å². The van der Waals surface area contributed by atoms with Crippen LogP contribution >= 0.6 is 0 Å². The van der Waals surface area contributed by atoms with E-state index in [0.29, 0.717) is 12.5 Å². The Morgan fingerprint density at radius 3 is 2.71 bits per heavy atom. The van der Waals surface area contributed by atoms with Gasteiger partial charge in [0.15, 0.2) is 0 Å². The number of furan rings is 1. The lowest BCUT2D eigenvalue weighted by Crippen LogP contribution is -2.05. The number of rotatable bonds is 2. The standard InChI is InChI=1S/C10H13N3O/c1-7-5-12-10(11)13(7)6-9-4-3-8(2)14-9/h3-5H,6H2,1-2H3,(H2,11,12). The first-order valence-corrected chi connectivity index (χ1v) is 4.50. The van der Waals surface area contributed by atoms with Crippen LogP contribution in [0.1, 0.15) is 17.2 Å². The topological polar surface area (TPSA) is 57.0 Å². The predicted molar refractivity (Wildman–Crippen MR) is 53.9 cm³/mol. The molecule has 0 aliphatic carbocycles. The van der Waals surface area contributed by atoms with Crippen LogP contribution in [0.15, 0.2) is 22.7 Å². The van der Waals surface area contributed by atoms with Gasteiger partial charge in [0.2, 0.25) is 5.95 Å². The quantitative estimate of drug-likeness (QED) is 0.786. The second kappa shape index (κ2) is 3.21. The lowest BCUT2D eigenvalue weighted by molar-refractivity contribution is 0.469. The van der Waals surface area contributed by atoms with E-state index >= 15 is 0 Å². The summed E-state index contributed by atoms with van der Waals surface area (Å²) in [7, 11) is 0. The largest absolute Gasteiger partial charge is 0.464 e. The second-order valence-electron chi connectivity index (χ2n) is 3.36. The van der Waals surface area contributed by atoms with E-state index in [9.17, 15) is 0 Å². The molecule has 0 saturated heterocycles. The third-order valence-electron chi connectivity index (χ3n) is 2.20. The number of aryl methyl sites for hydroxylation is 2. The fraction of sp³-hybridized carbons (Fsp3) is 0.300. The Labute approximate surface area is 82.4 Å². The van der Waals surface area contributed by atoms with Crippen molar-refractivity contribution in [3.8, 4) is 0 Å². The Balaban J connectivity index is 2.26. The van der Waals surface area contributed by atoms with E-state index in [-0.39, 0.29) is 0 Å². The number of nitrogen functional groups attached to an aromatic ring is 1. The highest BCUT2D eigenvalue weighted by atomic mass is 16.3. The molecule has 0 spiro atoms. The van der Waals surface area contributed by atoms with Crippen LogP contribution in [0.5, 0.6) is 0 Å². The summed E-state index contributed by atoms with van der Waals surface area (Å²) < 4.78 is 7.38. The molecule has 2 heterocycles. The van der Waals surface area contributed by atoms with Gasteiger partial charge in [-0.3, -0.25) is 0 Å². The molecule has 0 bridgehead atoms. The monoisotopic (exact) mass is 191 g/mol. The van der Waals surface area contributed by atoms with Crippen LogP contribution in [-0.2, 0) is 6.54 Å². The van der Waals surface area contributed by atoms with Gasteiger partial charge in [-0.25, -0.2) is 4.98 Å². The Kier molecular flexibility index (Phi) is 2.04. The Morgan fingerprint density at radius 2 is 2.21 bits per heavy atom. The zero-order chi connectivity index (χ0) is 10.1. The van der Waals surface area contributed by atoms with E-state index in [1.807, 2.05) is 30.5 Å². The highest BCUT2D eigenvalue weighted by Crippen LogP contribution is 2.12. The van der Waals surface area contributed by atoms with Gasteiger partial charge in [0, 0.05) is 5.69 Å². The van der Waals surface area contributed by atoms with Gasteiger partial charge in [0.25, 0.3) is 0 Å². The summed E-state index contributed by atoms with van der Waals surface area (Å²) in [6, 6.07) is 3.89. The maximum Gasteiger partial charge on any atom is 0.200 e. The third kappa shape index (κ3) is 1.51. The SMILES string of the molecule is Cc1ccc(Cn2c(C)cnc2N)o1. The van der Waals surface area contributed by atoms with Gasteiger partial charge in [-0.1, -0.05) is 0 Å². The molecule has 2 aromatic rings. The van der Waals surface area contributed by atoms with Gasteiger partial charge in [0.05, 0.1) is 12.7 Å². The first-order chi connectivity index (χ1) is 6.66. The minimum atomic E-state index is 0.525. The molecule has 0 unspecified atom stereocenters. The van der Waals surface area contributed by atoms with Crippen LogP contribution in [0, 0.1) is 13.8 Å². The van der Waals surface area contributed by atoms with Crippen LogP contribution in [0.3, 0.4) is 0 Å². The molecule has 0 aromatic carbocycles. The number of hydrogen-bond acceptors (Lipinski definition) is 3. The van der Waals surface area contributed by atoms with Crippen LogP contribution in [0.25, 0.3) is 0 Å². The van der Waals surface area contributed by atoms with Crippen molar-refractivity contribution in [1.82, 2.24) is 9.55 Å². The number of anilines is 1. The molecular formula is C10H13N3O. The summed E-state index contributed by atoms with van der Waals surface area (Å²) >= 11 is 0. The van der Waals surface area contributed by atoms with Gasteiger partial charge in [-0.05, 0) is 26.0 Å². The van der Waals surface area contributed by atoms with Gasteiger partial charge >= 0.3 is 0 Å². The molecular weight excluding hydrogens is 178 g/mol. The maximum atomic E-state index is 5.71. The first kappa shape index (κ1) is 8.87. The summed E-state index contributed by atoms with van der Waals surface area (Å²) in [5, 5.41) is 0. The Hall–Kier alpha value is -1.71. The van der Waals surface area contributed by atoms with E-state index in [1.165, 1.54) is 0 Å². The van der Waals surface area contributed by atoms with E-state index in [4.69, 9.17) is 10.2 Å². The molecule has 2 rings (SSSR count). The summed E-state index contributed by atoms with van der Waals surface area (Å²) in [4.78, 5) is 4.02. The molecule has 0 aliphatic rings. The number of aromatic nitrogens is 2. The molecule has 0 amide bonds. The van der Waals surface area contributed by atoms with Gasteiger partial charge < -0.3 is 14.7 Å². The molecule has 4 heteroatoms. The zero-order valence-corrected chi connectivity index (χ0v) is 8.32. The lowest BCUT2D eigenvalue weighted by Gasteiger charge is -2.04. The molecule has 0 saturated carbocycles. The highest BCUT2D eigenvalue weighted by Gasteiger charge is 2.06. The average molecular weight is 191 g/mol. The molecule has 2 aromatic heterocycles. The molecule has 14 heavy (non-hydrogen) atoms. The molecule has 0 fully saturated rings. The lowest BCUT2D eigenvalue weighted by atomic mass is 10.4. The summed E-state index contributed by atoms with van der Waals surface area (Å²) in [5.41, 5.74) is 6.74. The van der Waals surface area contributed by atoms with E-state index in [1.54, 1.807) is 6.20 Å². The van der Waals surface area contributed by atoms with E-state index in [2.05, 4.69) is 4.98 Å². The summed E-state index contributed by atoms with van der Waals surface area (Å²) in [6.45, 7) is 4.54. The van der Waals surface area contributed by atoms with Crippen molar-refractivity contribution < 1.29 is 4.42 Å². The summed E-state index contributed by atoms with van der Waals surface area (Å²) in [6.07, 6.45) is 1.76. The average Bonchev–Trinajstić information content (AvgIpc) is 2.67. The molecule has 2 N–H and O–H groups in total. The normalized spacial score (nSPS) is 10.7. The third-order valence-corrected chi connectivity index (χ3v) is 2.20. The number of imidazole rings is 1. The Bertz CT molecular complexity index is 422. The van der Waals surface area contributed by atoms with Crippen LogP contribution in [0.4, 0.5) is 5.95 Å². The van der Waals surface area contributed by atoms with Crippen molar-refractivity contribution >= 4 is 5.95 Å². The molecule has 0 atom stereocenters. The minimum absolute atomic E-state index is 0.525. The predicted octanol–water partition coefficient (Wildman–Crippen LogP) is 1.72. The number of nitrogens with two attached hydrogens (primary N) is 1. The van der Waals surface area contributed by atoms with Gasteiger partial charge in [-0.2, -0.15) is 0 Å². The van der Waals surface area contributed by atoms with Crippen LogP contribution in [-0.4, -0.2) is 9.55 Å². The number of nitrogens with zero attached hydrogens (tertiary/aromatic N) is 2. The smallest absolute Gasteiger partial charge is 0.200 e. The first-order valence-electron chi connectivity index (χ1n) is 4.50. The van der Waals surface area contributed by atoms with E-state index < -0.39 is 0 Å². The fourth-order valence-corrected chi connectivity index (χ4v) is 1.41. The highest BCUT2D eigenvalue weighted by molar-refractivity contribution is 5.23. The van der Waals surface area contributed by atoms with Crippen molar-refractivity contribution in [2.45, 2.75) is 20.4 Å².